The molecular formula is C14H19BrN2O4S. The second kappa shape index (κ2) is 7.54. The Morgan fingerprint density at radius 3 is 2.86 bits per heavy atom. The minimum atomic E-state index is -3.39. The number of amides is 1. The first-order valence-electron chi connectivity index (χ1n) is 7.02. The lowest BCUT2D eigenvalue weighted by atomic mass is 10.2. The van der Waals surface area contributed by atoms with Gasteiger partial charge >= 0.3 is 0 Å². The number of halogens is 1. The van der Waals surface area contributed by atoms with E-state index < -0.39 is 10.0 Å². The van der Waals surface area contributed by atoms with Crippen molar-refractivity contribution in [1.82, 2.24) is 9.62 Å². The number of carbonyl (C=O) groups excluding carboxylic acids is 1. The Kier molecular flexibility index (Phi) is 5.96. The van der Waals surface area contributed by atoms with Crippen molar-refractivity contribution in [1.29, 1.82) is 0 Å². The Labute approximate surface area is 139 Å². The lowest BCUT2D eigenvalue weighted by molar-refractivity contribution is 0.0393. The van der Waals surface area contributed by atoms with E-state index in [0.717, 1.165) is 0 Å². The fourth-order valence-corrected chi connectivity index (χ4v) is 4.30. The van der Waals surface area contributed by atoms with Crippen molar-refractivity contribution >= 4 is 31.9 Å². The van der Waals surface area contributed by atoms with Crippen LogP contribution in [0.4, 0.5) is 0 Å². The number of nitrogens with zero attached hydrogens (tertiary/aromatic N) is 1. The normalized spacial score (nSPS) is 19.8. The summed E-state index contributed by atoms with van der Waals surface area (Å²) in [6.45, 7) is 3.07. The quantitative estimate of drug-likeness (QED) is 0.820. The maximum absolute atomic E-state index is 12.3. The summed E-state index contributed by atoms with van der Waals surface area (Å²) in [5, 5.41) is 2.64. The zero-order chi connectivity index (χ0) is 16.2. The molecule has 1 N–H and O–H groups in total. The lowest BCUT2D eigenvalue weighted by Gasteiger charge is -2.32. The molecule has 1 aromatic rings. The first kappa shape index (κ1) is 17.4. The zero-order valence-electron chi connectivity index (χ0n) is 12.3. The average Bonchev–Trinajstić information content (AvgIpc) is 2.47. The first-order chi connectivity index (χ1) is 10.4. The summed E-state index contributed by atoms with van der Waals surface area (Å²) in [6.07, 6.45) is 0. The van der Waals surface area contributed by atoms with Crippen molar-refractivity contribution in [2.24, 2.45) is 0 Å². The van der Waals surface area contributed by atoms with Gasteiger partial charge in [-0.2, -0.15) is 4.31 Å². The monoisotopic (exact) mass is 390 g/mol. The van der Waals surface area contributed by atoms with Crippen molar-refractivity contribution in [2.75, 3.05) is 32.1 Å². The number of rotatable bonds is 5. The van der Waals surface area contributed by atoms with Crippen LogP contribution in [-0.4, -0.2) is 56.7 Å². The number of benzene rings is 1. The highest BCUT2D eigenvalue weighted by Crippen LogP contribution is 2.15. The Morgan fingerprint density at radius 2 is 2.18 bits per heavy atom. The SMILES string of the molecule is CC1COCCN1S(=O)(=O)CCNC(=O)c1ccccc1Br. The van der Waals surface area contributed by atoms with Crippen molar-refractivity contribution in [3.05, 3.63) is 34.3 Å². The summed E-state index contributed by atoms with van der Waals surface area (Å²) in [5.74, 6) is -0.411. The maximum atomic E-state index is 12.3. The Balaban J connectivity index is 1.90. The molecule has 1 atom stereocenters. The van der Waals surface area contributed by atoms with Gasteiger partial charge in [-0.15, -0.1) is 0 Å². The number of sulfonamides is 1. The van der Waals surface area contributed by atoms with E-state index in [-0.39, 0.29) is 24.2 Å². The van der Waals surface area contributed by atoms with Crippen molar-refractivity contribution in [2.45, 2.75) is 13.0 Å². The average molecular weight is 391 g/mol. The minimum Gasteiger partial charge on any atom is -0.378 e. The van der Waals surface area contributed by atoms with Crippen LogP contribution in [0.5, 0.6) is 0 Å². The van der Waals surface area contributed by atoms with Crippen LogP contribution in [0.1, 0.15) is 17.3 Å². The molecule has 2 rings (SSSR count). The van der Waals surface area contributed by atoms with E-state index >= 15 is 0 Å². The molecule has 8 heteroatoms. The van der Waals surface area contributed by atoms with Gasteiger partial charge in [-0.3, -0.25) is 4.79 Å². The fraction of sp³-hybridized carbons (Fsp3) is 0.500. The molecule has 6 nitrogen and oxygen atoms in total. The number of hydrogen-bond donors (Lipinski definition) is 1. The number of hydrogen-bond acceptors (Lipinski definition) is 4. The van der Waals surface area contributed by atoms with Gasteiger partial charge in [-0.1, -0.05) is 12.1 Å². The molecule has 1 amide bonds. The highest BCUT2D eigenvalue weighted by molar-refractivity contribution is 9.10. The second-order valence-corrected chi connectivity index (χ2v) is 7.98. The van der Waals surface area contributed by atoms with Crippen LogP contribution in [0.25, 0.3) is 0 Å². The standard InChI is InChI=1S/C14H19BrN2O4S/c1-11-10-21-8-7-17(11)22(19,20)9-6-16-14(18)12-4-2-3-5-13(12)15/h2-5,11H,6-10H2,1H3,(H,16,18). The van der Waals surface area contributed by atoms with Gasteiger partial charge in [0.1, 0.15) is 0 Å². The van der Waals surface area contributed by atoms with E-state index in [0.29, 0.717) is 29.8 Å². The van der Waals surface area contributed by atoms with Gasteiger partial charge in [0.2, 0.25) is 10.0 Å². The minimum absolute atomic E-state index is 0.0760. The van der Waals surface area contributed by atoms with Crippen LogP contribution < -0.4 is 5.32 Å². The molecule has 1 aromatic carbocycles. The van der Waals surface area contributed by atoms with Gasteiger partial charge in [0.25, 0.3) is 5.91 Å². The molecular weight excluding hydrogens is 372 g/mol. The maximum Gasteiger partial charge on any atom is 0.252 e. The molecule has 0 bridgehead atoms. The molecule has 122 valence electrons. The van der Waals surface area contributed by atoms with Crippen LogP contribution in [0, 0.1) is 0 Å². The van der Waals surface area contributed by atoms with Crippen LogP contribution in [0.2, 0.25) is 0 Å². The zero-order valence-corrected chi connectivity index (χ0v) is 14.7. The van der Waals surface area contributed by atoms with Crippen LogP contribution >= 0.6 is 15.9 Å². The van der Waals surface area contributed by atoms with E-state index in [4.69, 9.17) is 4.74 Å². The van der Waals surface area contributed by atoms with E-state index in [1.165, 1.54) is 4.31 Å². The van der Waals surface area contributed by atoms with Gasteiger partial charge in [0.05, 0.1) is 24.5 Å². The molecule has 1 aliphatic heterocycles. The topological polar surface area (TPSA) is 75.7 Å². The van der Waals surface area contributed by atoms with Crippen molar-refractivity contribution in [3.63, 3.8) is 0 Å². The molecule has 1 aliphatic rings. The van der Waals surface area contributed by atoms with Crippen LogP contribution in [0.3, 0.4) is 0 Å². The Morgan fingerprint density at radius 1 is 1.45 bits per heavy atom. The molecule has 0 spiro atoms. The molecule has 1 heterocycles. The summed E-state index contributed by atoms with van der Waals surface area (Å²) in [5.41, 5.74) is 0.486. The Hall–Kier alpha value is -0.960. The molecule has 1 fully saturated rings. The van der Waals surface area contributed by atoms with Gasteiger partial charge in [0.15, 0.2) is 0 Å². The molecule has 1 saturated heterocycles. The van der Waals surface area contributed by atoms with E-state index in [9.17, 15) is 13.2 Å². The molecule has 0 aromatic heterocycles. The fourth-order valence-electron chi connectivity index (χ4n) is 2.28. The number of morpholine rings is 1. The third-order valence-electron chi connectivity index (χ3n) is 3.43. The van der Waals surface area contributed by atoms with Crippen molar-refractivity contribution < 1.29 is 17.9 Å². The summed E-state index contributed by atoms with van der Waals surface area (Å²) in [7, 11) is -3.39. The number of nitrogens with one attached hydrogen (secondary N) is 1. The lowest BCUT2D eigenvalue weighted by Crippen LogP contribution is -2.49. The molecule has 1 unspecified atom stereocenters. The predicted octanol–water partition coefficient (Wildman–Crippen LogP) is 1.23. The highest BCUT2D eigenvalue weighted by atomic mass is 79.9. The first-order valence-corrected chi connectivity index (χ1v) is 9.42. The smallest absolute Gasteiger partial charge is 0.252 e. The summed E-state index contributed by atoms with van der Waals surface area (Å²) in [6, 6.07) is 6.84. The van der Waals surface area contributed by atoms with Crippen LogP contribution in [0.15, 0.2) is 28.7 Å². The largest absolute Gasteiger partial charge is 0.378 e. The van der Waals surface area contributed by atoms with Crippen LogP contribution in [-0.2, 0) is 14.8 Å². The third-order valence-corrected chi connectivity index (χ3v) is 6.10. The summed E-state index contributed by atoms with van der Waals surface area (Å²) >= 11 is 3.30. The van der Waals surface area contributed by atoms with Gasteiger partial charge in [-0.05, 0) is 35.0 Å². The number of ether oxygens (including phenoxy) is 1. The van der Waals surface area contributed by atoms with E-state index in [2.05, 4.69) is 21.2 Å². The molecule has 0 aliphatic carbocycles. The van der Waals surface area contributed by atoms with Crippen molar-refractivity contribution in [3.8, 4) is 0 Å². The van der Waals surface area contributed by atoms with E-state index in [1.807, 2.05) is 13.0 Å². The molecule has 22 heavy (non-hydrogen) atoms. The highest BCUT2D eigenvalue weighted by Gasteiger charge is 2.29. The molecule has 0 saturated carbocycles. The van der Waals surface area contributed by atoms with E-state index in [1.54, 1.807) is 18.2 Å². The van der Waals surface area contributed by atoms with Gasteiger partial charge in [0, 0.05) is 23.6 Å². The van der Waals surface area contributed by atoms with Gasteiger partial charge in [-0.25, -0.2) is 8.42 Å². The second-order valence-electron chi connectivity index (χ2n) is 5.09. The molecule has 0 radical (unpaired) electrons. The third kappa shape index (κ3) is 4.28. The Bertz CT molecular complexity index is 635. The summed E-state index contributed by atoms with van der Waals surface area (Å²) < 4.78 is 31.9. The predicted molar refractivity (Wildman–Crippen MR) is 87.2 cm³/mol. The summed E-state index contributed by atoms with van der Waals surface area (Å²) in [4.78, 5) is 12.0. The number of carbonyl (C=O) groups is 1. The van der Waals surface area contributed by atoms with Gasteiger partial charge < -0.3 is 10.1 Å².